The van der Waals surface area contributed by atoms with Crippen LogP contribution in [0.2, 0.25) is 0 Å². The van der Waals surface area contributed by atoms with Crippen LogP contribution in [0.3, 0.4) is 0 Å². The van der Waals surface area contributed by atoms with Gasteiger partial charge in [-0.3, -0.25) is 19.7 Å². The number of nitrogens with one attached hydrogen (secondary N) is 1. The van der Waals surface area contributed by atoms with Crippen LogP contribution in [0.25, 0.3) is 5.69 Å². The molecule has 1 aliphatic heterocycles. The Kier molecular flexibility index (Phi) is 8.15. The van der Waals surface area contributed by atoms with E-state index < -0.39 is 40.1 Å². The predicted molar refractivity (Wildman–Crippen MR) is 163 cm³/mol. The zero-order valence-electron chi connectivity index (χ0n) is 24.8. The van der Waals surface area contributed by atoms with Gasteiger partial charge in [-0.15, -0.1) is 0 Å². The van der Waals surface area contributed by atoms with Crippen molar-refractivity contribution >= 4 is 28.9 Å². The highest BCUT2D eigenvalue weighted by molar-refractivity contribution is 6.07. The molecule has 11 nitrogen and oxygen atoms in total. The van der Waals surface area contributed by atoms with E-state index in [9.17, 15) is 37.3 Å². The maximum atomic E-state index is 14.5. The second-order valence-corrected chi connectivity index (χ2v) is 12.1. The average molecular weight is 652 g/mol. The van der Waals surface area contributed by atoms with Crippen LogP contribution in [-0.2, 0) is 12.6 Å². The van der Waals surface area contributed by atoms with Crippen LogP contribution in [0.15, 0.2) is 66.9 Å². The first-order valence-corrected chi connectivity index (χ1v) is 14.8. The molecule has 4 aromatic rings. The number of aromatic nitrogens is 3. The SMILES string of the molecule is NC(=O)c1nn(-c2ccc(CC3CC4(CCN(c5ccc([N+](=O)[O-])cc5F)CC4)C3)cc2)cc1NC(=O)c1cccc(C(F)(F)F)n1. The molecule has 0 bridgehead atoms. The van der Waals surface area contributed by atoms with Crippen LogP contribution in [-0.4, -0.2) is 44.6 Å². The van der Waals surface area contributed by atoms with Crippen molar-refractivity contribution in [3.63, 3.8) is 0 Å². The maximum Gasteiger partial charge on any atom is 0.433 e. The number of rotatable bonds is 8. The lowest BCUT2D eigenvalue weighted by Crippen LogP contribution is -2.47. The van der Waals surface area contributed by atoms with Gasteiger partial charge in [-0.2, -0.15) is 18.3 Å². The third kappa shape index (κ3) is 6.64. The molecular weight excluding hydrogens is 622 g/mol. The fourth-order valence-electron chi connectivity index (χ4n) is 6.61. The largest absolute Gasteiger partial charge is 0.433 e. The molecule has 47 heavy (non-hydrogen) atoms. The van der Waals surface area contributed by atoms with E-state index in [-0.39, 0.29) is 22.5 Å². The van der Waals surface area contributed by atoms with E-state index in [2.05, 4.69) is 15.4 Å². The van der Waals surface area contributed by atoms with Crippen molar-refractivity contribution in [2.45, 2.75) is 38.3 Å². The van der Waals surface area contributed by atoms with Crippen molar-refractivity contribution in [2.75, 3.05) is 23.3 Å². The maximum absolute atomic E-state index is 14.5. The Hall–Kier alpha value is -5.34. The first-order valence-electron chi connectivity index (χ1n) is 14.8. The molecule has 6 rings (SSSR count). The lowest BCUT2D eigenvalue weighted by Gasteiger charge is -2.53. The van der Waals surface area contributed by atoms with Gasteiger partial charge in [0, 0.05) is 19.2 Å². The summed E-state index contributed by atoms with van der Waals surface area (Å²) < 4.78 is 55.0. The molecule has 1 spiro atoms. The molecule has 1 saturated carbocycles. The molecule has 3 heterocycles. The number of nitro groups is 1. The van der Waals surface area contributed by atoms with Gasteiger partial charge >= 0.3 is 6.18 Å². The standard InChI is InChI=1S/C32H29F4N7O4/c33-23-15-22(43(46)47)8-9-26(23)41-12-10-31(11-13-41)16-20(17-31)14-19-4-6-21(7-5-19)42-18-25(28(40-42)29(37)44)39-30(45)24-2-1-3-27(38-24)32(34,35)36/h1-9,15,18,20H,10-14,16-17H2,(H2,37,44)(H,39,45). The molecule has 0 unspecified atom stereocenters. The fourth-order valence-corrected chi connectivity index (χ4v) is 6.61. The van der Waals surface area contributed by atoms with Crippen LogP contribution < -0.4 is 16.0 Å². The molecule has 1 aliphatic carbocycles. The fraction of sp³-hybridized carbons (Fsp3) is 0.312. The molecule has 2 aromatic carbocycles. The number of nitro benzene ring substituents is 1. The van der Waals surface area contributed by atoms with Gasteiger partial charge in [0.1, 0.15) is 11.4 Å². The van der Waals surface area contributed by atoms with E-state index in [4.69, 9.17) is 5.73 Å². The number of non-ortho nitro benzene ring substituents is 1. The van der Waals surface area contributed by atoms with Gasteiger partial charge in [-0.1, -0.05) is 18.2 Å². The number of primary amides is 1. The second-order valence-electron chi connectivity index (χ2n) is 12.1. The monoisotopic (exact) mass is 651 g/mol. The molecule has 15 heteroatoms. The Morgan fingerprint density at radius 3 is 2.38 bits per heavy atom. The zero-order valence-corrected chi connectivity index (χ0v) is 24.8. The minimum absolute atomic E-state index is 0.0760. The van der Waals surface area contributed by atoms with Crippen LogP contribution >= 0.6 is 0 Å². The van der Waals surface area contributed by atoms with Crippen molar-refractivity contribution < 1.29 is 32.1 Å². The van der Waals surface area contributed by atoms with Crippen molar-refractivity contribution in [1.82, 2.24) is 14.8 Å². The summed E-state index contributed by atoms with van der Waals surface area (Å²) in [5.74, 6) is -1.99. The Labute approximate surface area is 265 Å². The summed E-state index contributed by atoms with van der Waals surface area (Å²) in [7, 11) is 0. The summed E-state index contributed by atoms with van der Waals surface area (Å²) in [6.45, 7) is 1.37. The molecule has 2 aromatic heterocycles. The number of carbonyl (C=O) groups is 2. The Morgan fingerprint density at radius 1 is 1.06 bits per heavy atom. The highest BCUT2D eigenvalue weighted by Crippen LogP contribution is 2.54. The molecule has 2 amide bonds. The quantitative estimate of drug-likeness (QED) is 0.136. The van der Waals surface area contributed by atoms with Crippen LogP contribution in [0.4, 0.5) is 34.6 Å². The summed E-state index contributed by atoms with van der Waals surface area (Å²) in [5.41, 5.74) is 5.40. The Bertz CT molecular complexity index is 1840. The van der Waals surface area contributed by atoms with Gasteiger partial charge in [-0.05, 0) is 79.3 Å². The van der Waals surface area contributed by atoms with Gasteiger partial charge in [0.05, 0.1) is 34.2 Å². The van der Waals surface area contributed by atoms with Gasteiger partial charge in [-0.25, -0.2) is 14.1 Å². The second kappa shape index (κ2) is 12.1. The van der Waals surface area contributed by atoms with Gasteiger partial charge in [0.25, 0.3) is 17.5 Å². The molecule has 244 valence electrons. The topological polar surface area (TPSA) is 149 Å². The van der Waals surface area contributed by atoms with Gasteiger partial charge < -0.3 is 16.0 Å². The number of benzene rings is 2. The van der Waals surface area contributed by atoms with Gasteiger partial charge in [0.2, 0.25) is 0 Å². The highest BCUT2D eigenvalue weighted by Gasteiger charge is 2.45. The first-order chi connectivity index (χ1) is 22.3. The minimum atomic E-state index is -4.73. The summed E-state index contributed by atoms with van der Waals surface area (Å²) in [5, 5.41) is 17.5. The number of hydrogen-bond acceptors (Lipinski definition) is 7. The lowest BCUT2D eigenvalue weighted by molar-refractivity contribution is -0.385. The third-order valence-electron chi connectivity index (χ3n) is 8.94. The third-order valence-corrected chi connectivity index (χ3v) is 8.94. The van der Waals surface area contributed by atoms with Crippen LogP contribution in [0.5, 0.6) is 0 Å². The number of halogens is 4. The summed E-state index contributed by atoms with van der Waals surface area (Å²) in [6, 6.07) is 14.2. The van der Waals surface area contributed by atoms with Gasteiger partial charge in [0.15, 0.2) is 11.5 Å². The first kappa shape index (κ1) is 31.6. The number of alkyl halides is 3. The molecular formula is C32H29F4N7O4. The molecule has 0 radical (unpaired) electrons. The Balaban J connectivity index is 1.05. The molecule has 2 fully saturated rings. The van der Waals surface area contributed by atoms with E-state index in [1.54, 1.807) is 12.1 Å². The molecule has 0 atom stereocenters. The van der Waals surface area contributed by atoms with Crippen molar-refractivity contribution in [1.29, 1.82) is 0 Å². The van der Waals surface area contributed by atoms with Crippen LogP contribution in [0.1, 0.15) is 57.9 Å². The number of piperidine rings is 1. The number of amides is 2. The smallest absolute Gasteiger partial charge is 0.369 e. The van der Waals surface area contributed by atoms with E-state index in [0.29, 0.717) is 30.4 Å². The zero-order chi connectivity index (χ0) is 33.5. The van der Waals surface area contributed by atoms with E-state index in [1.807, 2.05) is 17.0 Å². The van der Waals surface area contributed by atoms with E-state index in [1.165, 1.54) is 23.0 Å². The molecule has 3 N–H and O–H groups in total. The summed E-state index contributed by atoms with van der Waals surface area (Å²) >= 11 is 0. The number of nitrogens with zero attached hydrogens (tertiary/aromatic N) is 5. The number of pyridine rings is 1. The molecule has 2 aliphatic rings. The number of hydrogen-bond donors (Lipinski definition) is 2. The average Bonchev–Trinajstić information content (AvgIpc) is 3.45. The van der Waals surface area contributed by atoms with Crippen molar-refractivity contribution in [2.24, 2.45) is 17.1 Å². The number of anilines is 2. The highest BCUT2D eigenvalue weighted by atomic mass is 19.4. The lowest BCUT2D eigenvalue weighted by atomic mass is 9.56. The van der Waals surface area contributed by atoms with Crippen LogP contribution in [0, 0.1) is 27.3 Å². The normalized spacial score (nSPS) is 16.1. The van der Waals surface area contributed by atoms with Crippen molar-refractivity contribution in [3.8, 4) is 5.69 Å². The van der Waals surface area contributed by atoms with E-state index in [0.717, 1.165) is 61.9 Å². The van der Waals surface area contributed by atoms with E-state index >= 15 is 0 Å². The minimum Gasteiger partial charge on any atom is -0.369 e. The predicted octanol–water partition coefficient (Wildman–Crippen LogP) is 5.92. The Morgan fingerprint density at radius 2 is 1.77 bits per heavy atom. The summed E-state index contributed by atoms with van der Waals surface area (Å²) in [6.07, 6.45) is 1.42. The number of carbonyl (C=O) groups excluding carboxylic acids is 2. The molecule has 1 saturated heterocycles. The summed E-state index contributed by atoms with van der Waals surface area (Å²) in [4.78, 5) is 40.3. The number of nitrogens with two attached hydrogens (primary N) is 1. The van der Waals surface area contributed by atoms with Crippen molar-refractivity contribution in [3.05, 3.63) is 105 Å².